The normalized spacial score (nSPS) is 12.4. The summed E-state index contributed by atoms with van der Waals surface area (Å²) in [6.45, 7) is 0. The van der Waals surface area contributed by atoms with Crippen LogP contribution in [-0.4, -0.2) is 0 Å². The fourth-order valence-electron chi connectivity index (χ4n) is 8.33. The van der Waals surface area contributed by atoms with E-state index in [0.717, 1.165) is 0 Å². The summed E-state index contributed by atoms with van der Waals surface area (Å²) in [7, 11) is -1.38. The van der Waals surface area contributed by atoms with Crippen LogP contribution in [0.15, 0.2) is 188 Å². The predicted octanol–water partition coefficient (Wildman–Crippen LogP) is 11.6. The second kappa shape index (κ2) is 11.4. The zero-order valence-corrected chi connectivity index (χ0v) is 27.9. The molecule has 1 unspecified atom stereocenters. The second-order valence-corrected chi connectivity index (χ2v) is 15.3. The van der Waals surface area contributed by atoms with Crippen LogP contribution in [0.25, 0.3) is 76.8 Å². The third-order valence-electron chi connectivity index (χ3n) is 10.3. The lowest BCUT2D eigenvalue weighted by Crippen LogP contribution is -2.22. The van der Waals surface area contributed by atoms with Gasteiger partial charge in [0.05, 0.1) is 7.92 Å². The number of hydrogen-bond donors (Lipinski definition) is 0. The fourth-order valence-corrected chi connectivity index (χ4v) is 11.3. The van der Waals surface area contributed by atoms with E-state index < -0.39 is 7.92 Å². The summed E-state index contributed by atoms with van der Waals surface area (Å²) in [4.78, 5) is 0. The molecule has 0 N–H and O–H groups in total. The SMILES string of the molecule is c1ccc(-c2c3c(c(-c4ccccc4)c4ccccc24)-c2ccc([PH+](c4ccccc4)c4cccc5ccccc45)c4cccc-3c24)cc1. The minimum absolute atomic E-state index is 1.25. The van der Waals surface area contributed by atoms with Crippen LogP contribution in [0.5, 0.6) is 0 Å². The first-order valence-electron chi connectivity index (χ1n) is 17.0. The molecule has 0 nitrogen and oxygen atoms in total. The van der Waals surface area contributed by atoms with E-state index in [4.69, 9.17) is 0 Å². The van der Waals surface area contributed by atoms with Gasteiger partial charge < -0.3 is 0 Å². The fraction of sp³-hybridized carbons (Fsp3) is 0. The smallest absolute Gasteiger partial charge is 0.0622 e. The summed E-state index contributed by atoms with van der Waals surface area (Å²) in [6, 6.07) is 69.9. The molecule has 228 valence electrons. The molecule has 0 heterocycles. The molecule has 1 aliphatic rings. The van der Waals surface area contributed by atoms with Crippen molar-refractivity contribution in [2.75, 3.05) is 0 Å². The number of rotatable bonds is 5. The molecule has 1 heteroatoms. The summed E-state index contributed by atoms with van der Waals surface area (Å²) < 4.78 is 0. The van der Waals surface area contributed by atoms with Crippen molar-refractivity contribution in [2.45, 2.75) is 0 Å². The lowest BCUT2D eigenvalue weighted by molar-refractivity contribution is 1.62. The molecule has 0 aromatic heterocycles. The Kier molecular flexibility index (Phi) is 6.57. The molecular weight excluding hydrogens is 608 g/mol. The van der Waals surface area contributed by atoms with E-state index in [2.05, 4.69) is 188 Å². The molecular formula is C48H32P+. The Labute approximate surface area is 287 Å². The van der Waals surface area contributed by atoms with Gasteiger partial charge in [-0.2, -0.15) is 0 Å². The largest absolute Gasteiger partial charge is 0.110 e. The number of fused-ring (bicyclic) bond motifs is 5. The van der Waals surface area contributed by atoms with Gasteiger partial charge in [0.1, 0.15) is 15.9 Å². The topological polar surface area (TPSA) is 0 Å². The Bertz CT molecular complexity index is 2600. The van der Waals surface area contributed by atoms with Gasteiger partial charge in [-0.3, -0.25) is 0 Å². The molecule has 0 saturated carbocycles. The first kappa shape index (κ1) is 28.2. The summed E-state index contributed by atoms with van der Waals surface area (Å²) in [6.07, 6.45) is 0. The summed E-state index contributed by atoms with van der Waals surface area (Å²) in [5, 5.41) is 12.2. The van der Waals surface area contributed by atoms with Crippen molar-refractivity contribution in [1.82, 2.24) is 0 Å². The van der Waals surface area contributed by atoms with E-state index in [0.29, 0.717) is 0 Å². The standard InChI is InChI=1S/C48H31P/c1-4-17-33(18-5-1)44-37-25-12-13-26-38(37)45(34-19-6-2-7-20-34)48-41-30-31-43(39-27-15-28-40(46(39)41)47(44)48)49(35-22-8-3-9-23-35)42-29-14-21-32-16-10-11-24-36(32)42/h1-31H/p+1. The lowest BCUT2D eigenvalue weighted by atomic mass is 9.82. The van der Waals surface area contributed by atoms with E-state index in [9.17, 15) is 0 Å². The Balaban J connectivity index is 1.34. The van der Waals surface area contributed by atoms with Crippen molar-refractivity contribution in [1.29, 1.82) is 0 Å². The molecule has 0 saturated heterocycles. The first-order valence-corrected chi connectivity index (χ1v) is 18.5. The van der Waals surface area contributed by atoms with Crippen LogP contribution in [0.4, 0.5) is 0 Å². The Hall–Kier alpha value is -5.81. The average Bonchev–Trinajstić information content (AvgIpc) is 3.50. The van der Waals surface area contributed by atoms with Crippen LogP contribution >= 0.6 is 7.92 Å². The Morgan fingerprint density at radius 1 is 0.286 bits per heavy atom. The van der Waals surface area contributed by atoms with Crippen molar-refractivity contribution >= 4 is 56.2 Å². The van der Waals surface area contributed by atoms with E-state index in [1.165, 1.54) is 92.7 Å². The van der Waals surface area contributed by atoms with Gasteiger partial charge in [-0.1, -0.05) is 158 Å². The minimum Gasteiger partial charge on any atom is -0.0622 e. The molecule has 9 aromatic carbocycles. The molecule has 1 atom stereocenters. The van der Waals surface area contributed by atoms with Gasteiger partial charge >= 0.3 is 0 Å². The van der Waals surface area contributed by atoms with Crippen LogP contribution in [0.1, 0.15) is 0 Å². The maximum Gasteiger partial charge on any atom is 0.110 e. The highest BCUT2D eigenvalue weighted by Crippen LogP contribution is 2.58. The highest BCUT2D eigenvalue weighted by atomic mass is 31.1. The quantitative estimate of drug-likeness (QED) is 0.164. The molecule has 0 bridgehead atoms. The van der Waals surface area contributed by atoms with Crippen LogP contribution in [0, 0.1) is 0 Å². The third-order valence-corrected chi connectivity index (χ3v) is 13.2. The van der Waals surface area contributed by atoms with Crippen molar-refractivity contribution in [2.24, 2.45) is 0 Å². The number of benzene rings is 9. The molecule has 0 radical (unpaired) electrons. The third kappa shape index (κ3) is 4.35. The van der Waals surface area contributed by atoms with E-state index >= 15 is 0 Å². The number of hydrogen-bond acceptors (Lipinski definition) is 0. The van der Waals surface area contributed by atoms with Gasteiger partial charge in [-0.25, -0.2) is 0 Å². The summed E-state index contributed by atoms with van der Waals surface area (Å²) in [5.41, 5.74) is 10.5. The zero-order valence-electron chi connectivity index (χ0n) is 26.9. The van der Waals surface area contributed by atoms with Crippen LogP contribution in [0.3, 0.4) is 0 Å². The van der Waals surface area contributed by atoms with Gasteiger partial charge in [0.15, 0.2) is 0 Å². The molecule has 0 spiro atoms. The van der Waals surface area contributed by atoms with E-state index in [-0.39, 0.29) is 0 Å². The van der Waals surface area contributed by atoms with Gasteiger partial charge in [0.2, 0.25) is 0 Å². The molecule has 0 amide bonds. The highest BCUT2D eigenvalue weighted by Gasteiger charge is 2.35. The van der Waals surface area contributed by atoms with Crippen LogP contribution in [-0.2, 0) is 0 Å². The first-order chi connectivity index (χ1) is 24.4. The molecule has 9 aromatic rings. The van der Waals surface area contributed by atoms with Gasteiger partial charge in [0, 0.05) is 16.2 Å². The maximum absolute atomic E-state index is 2.46. The summed E-state index contributed by atoms with van der Waals surface area (Å²) >= 11 is 0. The maximum atomic E-state index is 2.46. The highest BCUT2D eigenvalue weighted by molar-refractivity contribution is 7.80. The Morgan fingerprint density at radius 2 is 0.755 bits per heavy atom. The minimum atomic E-state index is -1.38. The van der Waals surface area contributed by atoms with Gasteiger partial charge in [-0.15, -0.1) is 0 Å². The second-order valence-electron chi connectivity index (χ2n) is 12.9. The molecule has 49 heavy (non-hydrogen) atoms. The molecule has 0 fully saturated rings. The molecule has 1 aliphatic carbocycles. The average molecular weight is 640 g/mol. The van der Waals surface area contributed by atoms with Crippen molar-refractivity contribution in [3.8, 4) is 44.5 Å². The van der Waals surface area contributed by atoms with Crippen molar-refractivity contribution in [3.63, 3.8) is 0 Å². The summed E-state index contributed by atoms with van der Waals surface area (Å²) in [5.74, 6) is 0. The predicted molar refractivity (Wildman–Crippen MR) is 214 cm³/mol. The molecule has 10 rings (SSSR count). The van der Waals surface area contributed by atoms with E-state index in [1.54, 1.807) is 0 Å². The van der Waals surface area contributed by atoms with Crippen molar-refractivity contribution < 1.29 is 0 Å². The van der Waals surface area contributed by atoms with Crippen LogP contribution in [0.2, 0.25) is 0 Å². The molecule has 0 aliphatic heterocycles. The van der Waals surface area contributed by atoms with Crippen molar-refractivity contribution in [3.05, 3.63) is 188 Å². The monoisotopic (exact) mass is 639 g/mol. The zero-order chi connectivity index (χ0) is 32.3. The lowest BCUT2D eigenvalue weighted by Gasteiger charge is -2.20. The van der Waals surface area contributed by atoms with Gasteiger partial charge in [0.25, 0.3) is 0 Å². The van der Waals surface area contributed by atoms with Crippen LogP contribution < -0.4 is 15.9 Å². The Morgan fingerprint density at radius 3 is 1.41 bits per heavy atom. The van der Waals surface area contributed by atoms with Gasteiger partial charge in [-0.05, 0) is 91.0 Å². The van der Waals surface area contributed by atoms with E-state index in [1.807, 2.05) is 0 Å².